The zero-order valence-electron chi connectivity index (χ0n) is 17.0. The Morgan fingerprint density at radius 1 is 1.19 bits per heavy atom. The van der Waals surface area contributed by atoms with Gasteiger partial charge in [0.15, 0.2) is 8.32 Å². The van der Waals surface area contributed by atoms with Crippen LogP contribution in [0.15, 0.2) is 24.3 Å². The molecule has 27 heavy (non-hydrogen) atoms. The maximum atomic E-state index is 12.6. The lowest BCUT2D eigenvalue weighted by Gasteiger charge is -2.36. The van der Waals surface area contributed by atoms with Gasteiger partial charge in [-0.15, -0.1) is 0 Å². The highest BCUT2D eigenvalue weighted by Crippen LogP contribution is 2.36. The molecule has 0 aliphatic rings. The molecular formula is C19H31N3O4Si. The van der Waals surface area contributed by atoms with Crippen LogP contribution in [-0.2, 0) is 14.0 Å². The summed E-state index contributed by atoms with van der Waals surface area (Å²) in [5.74, 6) is -1.39. The first-order valence-electron chi connectivity index (χ1n) is 8.96. The number of hydrogen-bond donors (Lipinski definition) is 3. The van der Waals surface area contributed by atoms with Gasteiger partial charge in [-0.25, -0.2) is 0 Å². The average molecular weight is 394 g/mol. The van der Waals surface area contributed by atoms with Crippen molar-refractivity contribution in [2.75, 3.05) is 11.9 Å². The summed E-state index contributed by atoms with van der Waals surface area (Å²) >= 11 is 0. The van der Waals surface area contributed by atoms with Crippen molar-refractivity contribution in [3.05, 3.63) is 29.8 Å². The molecule has 0 aliphatic heterocycles. The van der Waals surface area contributed by atoms with E-state index < -0.39 is 26.2 Å². The number of anilines is 1. The van der Waals surface area contributed by atoms with Gasteiger partial charge in [-0.2, -0.15) is 0 Å². The largest absolute Gasteiger partial charge is 0.417 e. The Hall–Kier alpha value is -2.19. The van der Waals surface area contributed by atoms with E-state index in [9.17, 15) is 14.4 Å². The fourth-order valence-corrected chi connectivity index (χ4v) is 3.21. The maximum Gasteiger partial charge on any atom is 0.254 e. The zero-order chi connectivity index (χ0) is 20.8. The Labute approximate surface area is 162 Å². The number of nitrogens with two attached hydrogens (primary N) is 1. The summed E-state index contributed by atoms with van der Waals surface area (Å²) in [6.07, 6.45) is 0.288. The van der Waals surface area contributed by atoms with Crippen molar-refractivity contribution in [1.29, 1.82) is 0 Å². The minimum absolute atomic E-state index is 0.0514. The number of carbonyl (C=O) groups is 3. The molecule has 0 spiro atoms. The summed E-state index contributed by atoms with van der Waals surface area (Å²) < 4.78 is 6.06. The normalized spacial score (nSPS) is 13.0. The molecule has 1 rings (SSSR count). The van der Waals surface area contributed by atoms with Gasteiger partial charge in [0.05, 0.1) is 11.3 Å². The molecule has 0 unspecified atom stereocenters. The van der Waals surface area contributed by atoms with Gasteiger partial charge in [0.2, 0.25) is 11.8 Å². The third-order valence-corrected chi connectivity index (χ3v) is 9.34. The molecule has 0 saturated carbocycles. The van der Waals surface area contributed by atoms with Crippen molar-refractivity contribution in [3.8, 4) is 0 Å². The fraction of sp³-hybridized carbons (Fsp3) is 0.526. The van der Waals surface area contributed by atoms with Crippen LogP contribution < -0.4 is 16.4 Å². The van der Waals surface area contributed by atoms with Crippen LogP contribution in [0.4, 0.5) is 5.69 Å². The second-order valence-corrected chi connectivity index (χ2v) is 12.9. The monoisotopic (exact) mass is 393 g/mol. The van der Waals surface area contributed by atoms with Crippen LogP contribution in [0.5, 0.6) is 0 Å². The molecule has 4 N–H and O–H groups in total. The molecule has 8 heteroatoms. The lowest BCUT2D eigenvalue weighted by Crippen LogP contribution is -2.47. The summed E-state index contributed by atoms with van der Waals surface area (Å²) in [6, 6.07) is 5.73. The Kier molecular flexibility index (Phi) is 7.73. The molecule has 0 bridgehead atoms. The second kappa shape index (κ2) is 9.14. The van der Waals surface area contributed by atoms with Crippen molar-refractivity contribution in [2.45, 2.75) is 58.3 Å². The van der Waals surface area contributed by atoms with Gasteiger partial charge < -0.3 is 20.8 Å². The number of rotatable bonds is 8. The van der Waals surface area contributed by atoms with Crippen molar-refractivity contribution >= 4 is 31.7 Å². The Morgan fingerprint density at radius 3 is 2.30 bits per heavy atom. The van der Waals surface area contributed by atoms with Crippen molar-refractivity contribution in [2.24, 2.45) is 5.73 Å². The molecule has 150 valence electrons. The molecule has 0 fully saturated rings. The summed E-state index contributed by atoms with van der Waals surface area (Å²) in [6.45, 7) is 12.3. The standard InChI is InChI=1S/C19H31N3O4Si/c1-13(23)21-15-10-8-7-9-14(15)18(25)22-16(17(20)24)11-12-26-27(5,6)19(2,3)4/h7-10,16H,11-12H2,1-6H3,(H2,20,24)(H,21,23)(H,22,25)/t16-/m1/s1. The average Bonchev–Trinajstić information content (AvgIpc) is 2.52. The highest BCUT2D eigenvalue weighted by Gasteiger charge is 2.37. The van der Waals surface area contributed by atoms with Crippen LogP contribution in [0.1, 0.15) is 44.5 Å². The summed E-state index contributed by atoms with van der Waals surface area (Å²) in [5, 5.41) is 5.29. The van der Waals surface area contributed by atoms with Crippen LogP contribution >= 0.6 is 0 Å². The molecule has 0 heterocycles. The Balaban J connectivity index is 2.80. The number of amides is 3. The van der Waals surface area contributed by atoms with Gasteiger partial charge in [0.1, 0.15) is 6.04 Å². The number of benzene rings is 1. The molecule has 0 aromatic heterocycles. The molecule has 0 aliphatic carbocycles. The van der Waals surface area contributed by atoms with Gasteiger partial charge in [-0.3, -0.25) is 14.4 Å². The fourth-order valence-electron chi connectivity index (χ4n) is 2.15. The SMILES string of the molecule is CC(=O)Nc1ccccc1C(=O)N[C@H](CCO[Si](C)(C)C(C)(C)C)C(N)=O. The highest BCUT2D eigenvalue weighted by atomic mass is 28.4. The molecule has 0 radical (unpaired) electrons. The minimum Gasteiger partial charge on any atom is -0.417 e. The van der Waals surface area contributed by atoms with E-state index in [1.54, 1.807) is 24.3 Å². The van der Waals surface area contributed by atoms with Crippen LogP contribution in [-0.4, -0.2) is 38.7 Å². The Bertz CT molecular complexity index is 698. The van der Waals surface area contributed by atoms with Crippen LogP contribution in [0.2, 0.25) is 18.1 Å². The first-order valence-corrected chi connectivity index (χ1v) is 11.9. The highest BCUT2D eigenvalue weighted by molar-refractivity contribution is 6.74. The topological polar surface area (TPSA) is 111 Å². The molecule has 1 aromatic rings. The summed E-state index contributed by atoms with van der Waals surface area (Å²) in [7, 11) is -1.95. The first kappa shape index (κ1) is 22.8. The summed E-state index contributed by atoms with van der Waals surface area (Å²) in [4.78, 5) is 35.7. The van der Waals surface area contributed by atoms with E-state index >= 15 is 0 Å². The number of carbonyl (C=O) groups excluding carboxylic acids is 3. The quantitative estimate of drug-likeness (QED) is 0.590. The zero-order valence-corrected chi connectivity index (χ0v) is 18.0. The third-order valence-electron chi connectivity index (χ3n) is 4.81. The molecule has 0 saturated heterocycles. The third kappa shape index (κ3) is 6.80. The first-order chi connectivity index (χ1) is 12.3. The predicted octanol–water partition coefficient (Wildman–Crippen LogP) is 2.64. The molecular weight excluding hydrogens is 362 g/mol. The lowest BCUT2D eigenvalue weighted by atomic mass is 10.1. The van der Waals surface area contributed by atoms with E-state index in [4.69, 9.17) is 10.2 Å². The molecule has 3 amide bonds. The summed E-state index contributed by atoms with van der Waals surface area (Å²) in [5.41, 5.74) is 6.10. The van der Waals surface area contributed by atoms with Gasteiger partial charge >= 0.3 is 0 Å². The Morgan fingerprint density at radius 2 is 1.78 bits per heavy atom. The molecule has 1 aromatic carbocycles. The van der Waals surface area contributed by atoms with E-state index in [-0.39, 0.29) is 22.9 Å². The van der Waals surface area contributed by atoms with E-state index in [0.29, 0.717) is 12.3 Å². The van der Waals surface area contributed by atoms with E-state index in [1.807, 2.05) is 0 Å². The maximum absolute atomic E-state index is 12.6. The number of primary amides is 1. The lowest BCUT2D eigenvalue weighted by molar-refractivity contribution is -0.120. The number of hydrogen-bond acceptors (Lipinski definition) is 4. The second-order valence-electron chi connectivity index (χ2n) is 8.05. The van der Waals surface area contributed by atoms with Crippen LogP contribution in [0.3, 0.4) is 0 Å². The van der Waals surface area contributed by atoms with E-state index in [2.05, 4.69) is 44.5 Å². The minimum atomic E-state index is -1.95. The number of para-hydroxylation sites is 1. The molecule has 1 atom stereocenters. The predicted molar refractivity (Wildman–Crippen MR) is 109 cm³/mol. The van der Waals surface area contributed by atoms with Crippen molar-refractivity contribution in [1.82, 2.24) is 5.32 Å². The molecule has 7 nitrogen and oxygen atoms in total. The van der Waals surface area contributed by atoms with Gasteiger partial charge in [-0.05, 0) is 36.7 Å². The van der Waals surface area contributed by atoms with Gasteiger partial charge in [0, 0.05) is 13.5 Å². The van der Waals surface area contributed by atoms with E-state index in [0.717, 1.165) is 0 Å². The van der Waals surface area contributed by atoms with Crippen molar-refractivity contribution < 1.29 is 18.8 Å². The van der Waals surface area contributed by atoms with Crippen molar-refractivity contribution in [3.63, 3.8) is 0 Å². The van der Waals surface area contributed by atoms with Gasteiger partial charge in [-0.1, -0.05) is 32.9 Å². The van der Waals surface area contributed by atoms with Crippen LogP contribution in [0, 0.1) is 0 Å². The van der Waals surface area contributed by atoms with E-state index in [1.165, 1.54) is 6.92 Å². The van der Waals surface area contributed by atoms with Crippen LogP contribution in [0.25, 0.3) is 0 Å². The van der Waals surface area contributed by atoms with Gasteiger partial charge in [0.25, 0.3) is 5.91 Å². The smallest absolute Gasteiger partial charge is 0.254 e. The number of nitrogens with one attached hydrogen (secondary N) is 2.